The summed E-state index contributed by atoms with van der Waals surface area (Å²) in [5, 5.41) is 3.47. The second-order valence-electron chi connectivity index (χ2n) is 6.51. The van der Waals surface area contributed by atoms with Gasteiger partial charge in [-0.15, -0.1) is 0 Å². The van der Waals surface area contributed by atoms with Gasteiger partial charge in [-0.2, -0.15) is 0 Å². The van der Waals surface area contributed by atoms with Gasteiger partial charge in [-0.25, -0.2) is 4.39 Å². The molecule has 4 heteroatoms. The van der Waals surface area contributed by atoms with Crippen molar-refractivity contribution in [2.45, 2.75) is 39.7 Å². The molecule has 0 radical (unpaired) electrons. The summed E-state index contributed by atoms with van der Waals surface area (Å²) in [5.41, 5.74) is 0.941. The highest BCUT2D eigenvalue weighted by atomic mass is 19.1. The van der Waals surface area contributed by atoms with Crippen LogP contribution in [0.2, 0.25) is 0 Å². The maximum Gasteiger partial charge on any atom is 0.141 e. The Hall–Kier alpha value is -1.00. The molecule has 0 aromatic carbocycles. The van der Waals surface area contributed by atoms with Crippen LogP contribution >= 0.6 is 0 Å². The van der Waals surface area contributed by atoms with E-state index in [1.165, 1.54) is 31.8 Å². The third-order valence-corrected chi connectivity index (χ3v) is 4.24. The predicted molar refractivity (Wildman–Crippen MR) is 84.6 cm³/mol. The zero-order valence-corrected chi connectivity index (χ0v) is 13.5. The van der Waals surface area contributed by atoms with Crippen LogP contribution in [-0.2, 0) is 0 Å². The minimum atomic E-state index is -0.271. The molecule has 0 saturated carbocycles. The summed E-state index contributed by atoms with van der Waals surface area (Å²) in [6, 6.07) is 3.50. The van der Waals surface area contributed by atoms with Crippen LogP contribution in [0.15, 0.2) is 18.3 Å². The minimum absolute atomic E-state index is 0.211. The summed E-state index contributed by atoms with van der Waals surface area (Å²) in [6.07, 6.45) is 3.67. The largest absolute Gasteiger partial charge is 0.309 e. The number of piperidine rings is 1. The van der Waals surface area contributed by atoms with Gasteiger partial charge in [0.2, 0.25) is 0 Å². The lowest BCUT2D eigenvalue weighted by atomic mass is 9.91. The molecule has 3 atom stereocenters. The van der Waals surface area contributed by atoms with Crippen molar-refractivity contribution < 1.29 is 4.39 Å². The first-order valence-electron chi connectivity index (χ1n) is 8.15. The fourth-order valence-electron chi connectivity index (χ4n) is 3.48. The Morgan fingerprint density at radius 3 is 2.62 bits per heavy atom. The van der Waals surface area contributed by atoms with Gasteiger partial charge >= 0.3 is 0 Å². The van der Waals surface area contributed by atoms with E-state index < -0.39 is 0 Å². The maximum atomic E-state index is 13.0. The quantitative estimate of drug-likeness (QED) is 0.873. The molecule has 0 amide bonds. The number of nitrogens with one attached hydrogen (secondary N) is 1. The van der Waals surface area contributed by atoms with E-state index in [9.17, 15) is 4.39 Å². The standard InChI is InChI=1S/C17H28FN3/c1-4-19-17(16-6-5-15(18)10-20-16)7-8-21-11-13(2)9-14(3)12-21/h5-6,10,13-14,17,19H,4,7-9,11-12H2,1-3H3. The van der Waals surface area contributed by atoms with Crippen LogP contribution in [0.3, 0.4) is 0 Å². The van der Waals surface area contributed by atoms with Crippen molar-refractivity contribution in [3.05, 3.63) is 29.8 Å². The number of nitrogens with zero attached hydrogens (tertiary/aromatic N) is 2. The zero-order valence-electron chi connectivity index (χ0n) is 13.5. The van der Waals surface area contributed by atoms with Crippen LogP contribution in [0, 0.1) is 17.7 Å². The molecule has 21 heavy (non-hydrogen) atoms. The van der Waals surface area contributed by atoms with E-state index in [0.717, 1.165) is 37.0 Å². The lowest BCUT2D eigenvalue weighted by Gasteiger charge is -2.35. The second-order valence-corrected chi connectivity index (χ2v) is 6.51. The average molecular weight is 293 g/mol. The number of pyridine rings is 1. The Labute approximate surface area is 127 Å². The molecule has 3 nitrogen and oxygen atoms in total. The molecule has 0 spiro atoms. The SMILES string of the molecule is CCNC(CCN1CC(C)CC(C)C1)c1ccc(F)cn1. The molecular formula is C17H28FN3. The number of halogens is 1. The van der Waals surface area contributed by atoms with Crippen LogP contribution in [0.4, 0.5) is 4.39 Å². The van der Waals surface area contributed by atoms with Gasteiger partial charge < -0.3 is 10.2 Å². The molecule has 0 bridgehead atoms. The van der Waals surface area contributed by atoms with Crippen molar-refractivity contribution in [1.82, 2.24) is 15.2 Å². The third-order valence-electron chi connectivity index (χ3n) is 4.24. The first-order chi connectivity index (χ1) is 10.1. The highest BCUT2D eigenvalue weighted by molar-refractivity contribution is 5.10. The molecule has 1 aromatic heterocycles. The fourth-order valence-corrected chi connectivity index (χ4v) is 3.48. The molecule has 2 rings (SSSR count). The third kappa shape index (κ3) is 5.04. The van der Waals surface area contributed by atoms with Gasteiger partial charge in [0, 0.05) is 19.6 Å². The highest BCUT2D eigenvalue weighted by Gasteiger charge is 2.22. The first-order valence-corrected chi connectivity index (χ1v) is 8.15. The first kappa shape index (κ1) is 16.4. The van der Waals surface area contributed by atoms with Gasteiger partial charge in [0.1, 0.15) is 5.82 Å². The topological polar surface area (TPSA) is 28.2 Å². The van der Waals surface area contributed by atoms with Crippen LogP contribution in [0.25, 0.3) is 0 Å². The van der Waals surface area contributed by atoms with Crippen molar-refractivity contribution >= 4 is 0 Å². The van der Waals surface area contributed by atoms with E-state index >= 15 is 0 Å². The van der Waals surface area contributed by atoms with Gasteiger partial charge in [0.25, 0.3) is 0 Å². The summed E-state index contributed by atoms with van der Waals surface area (Å²) >= 11 is 0. The summed E-state index contributed by atoms with van der Waals surface area (Å²) < 4.78 is 13.0. The molecule has 1 aliphatic heterocycles. The van der Waals surface area contributed by atoms with E-state index in [2.05, 4.69) is 36.0 Å². The molecule has 1 fully saturated rings. The van der Waals surface area contributed by atoms with Crippen LogP contribution in [0.1, 0.15) is 45.3 Å². The summed E-state index contributed by atoms with van der Waals surface area (Å²) in [7, 11) is 0. The number of hydrogen-bond donors (Lipinski definition) is 1. The van der Waals surface area contributed by atoms with E-state index in [1.807, 2.05) is 0 Å². The van der Waals surface area contributed by atoms with Crippen LogP contribution in [-0.4, -0.2) is 36.1 Å². The Bertz CT molecular complexity index is 411. The van der Waals surface area contributed by atoms with E-state index in [4.69, 9.17) is 0 Å². The van der Waals surface area contributed by atoms with Gasteiger partial charge in [0.05, 0.1) is 17.9 Å². The van der Waals surface area contributed by atoms with Crippen LogP contribution in [0.5, 0.6) is 0 Å². The molecule has 1 aliphatic rings. The Morgan fingerprint density at radius 2 is 2.05 bits per heavy atom. The molecule has 1 saturated heterocycles. The van der Waals surface area contributed by atoms with Gasteiger partial charge in [-0.1, -0.05) is 20.8 Å². The number of rotatable bonds is 6. The fraction of sp³-hybridized carbons (Fsp3) is 0.706. The van der Waals surface area contributed by atoms with Crippen molar-refractivity contribution in [3.8, 4) is 0 Å². The summed E-state index contributed by atoms with van der Waals surface area (Å²) in [6.45, 7) is 11.1. The van der Waals surface area contributed by atoms with Gasteiger partial charge in [-0.3, -0.25) is 4.98 Å². The predicted octanol–water partition coefficient (Wildman–Crippen LogP) is 3.24. The molecule has 1 aromatic rings. The van der Waals surface area contributed by atoms with Gasteiger partial charge in [-0.05, 0) is 43.4 Å². The monoisotopic (exact) mass is 293 g/mol. The van der Waals surface area contributed by atoms with Gasteiger partial charge in [0.15, 0.2) is 0 Å². The van der Waals surface area contributed by atoms with Crippen molar-refractivity contribution in [2.75, 3.05) is 26.2 Å². The summed E-state index contributed by atoms with van der Waals surface area (Å²) in [4.78, 5) is 6.80. The van der Waals surface area contributed by atoms with E-state index in [0.29, 0.717) is 0 Å². The molecule has 2 heterocycles. The lowest BCUT2D eigenvalue weighted by molar-refractivity contribution is 0.135. The van der Waals surface area contributed by atoms with Crippen molar-refractivity contribution in [2.24, 2.45) is 11.8 Å². The summed E-state index contributed by atoms with van der Waals surface area (Å²) in [5.74, 6) is 1.30. The smallest absolute Gasteiger partial charge is 0.141 e. The highest BCUT2D eigenvalue weighted by Crippen LogP contribution is 2.22. The molecule has 0 aliphatic carbocycles. The lowest BCUT2D eigenvalue weighted by Crippen LogP contribution is -2.40. The van der Waals surface area contributed by atoms with Crippen LogP contribution < -0.4 is 5.32 Å². The van der Waals surface area contributed by atoms with E-state index in [-0.39, 0.29) is 11.9 Å². The second kappa shape index (κ2) is 7.85. The Kier molecular flexibility index (Phi) is 6.12. The van der Waals surface area contributed by atoms with Crippen molar-refractivity contribution in [3.63, 3.8) is 0 Å². The van der Waals surface area contributed by atoms with Crippen molar-refractivity contribution in [1.29, 1.82) is 0 Å². The number of likely N-dealkylation sites (tertiary alicyclic amines) is 1. The number of aromatic nitrogens is 1. The minimum Gasteiger partial charge on any atom is -0.309 e. The molecule has 3 unspecified atom stereocenters. The number of hydrogen-bond acceptors (Lipinski definition) is 3. The molecule has 118 valence electrons. The average Bonchev–Trinajstić information content (AvgIpc) is 2.43. The molecule has 1 N–H and O–H groups in total. The molecular weight excluding hydrogens is 265 g/mol. The Morgan fingerprint density at radius 1 is 1.33 bits per heavy atom. The maximum absolute atomic E-state index is 13.0. The zero-order chi connectivity index (χ0) is 15.2. The Balaban J connectivity index is 1.92. The normalized spacial score (nSPS) is 25.0. The van der Waals surface area contributed by atoms with E-state index in [1.54, 1.807) is 6.07 Å².